The molecule has 5 heteroatoms. The van der Waals surface area contributed by atoms with Crippen molar-refractivity contribution in [1.82, 2.24) is 5.32 Å². The van der Waals surface area contributed by atoms with Gasteiger partial charge in [0, 0.05) is 11.6 Å². The van der Waals surface area contributed by atoms with Gasteiger partial charge in [0.15, 0.2) is 0 Å². The van der Waals surface area contributed by atoms with E-state index in [1.54, 1.807) is 30.3 Å². The quantitative estimate of drug-likeness (QED) is 0.938. The van der Waals surface area contributed by atoms with Gasteiger partial charge >= 0.3 is 0 Å². The van der Waals surface area contributed by atoms with E-state index in [4.69, 9.17) is 16.3 Å². The lowest BCUT2D eigenvalue weighted by Crippen LogP contribution is -2.23. The molecule has 2 aromatic rings. The molecule has 0 atom stereocenters. The standard InChI is InChI=1S/C15H13ClFNO2/c1-20-14-8-11(16)4-7-13(14)15(19)18-9-10-2-5-12(17)6-3-10/h2-8H,9H2,1H3,(H,18,19). The van der Waals surface area contributed by atoms with Crippen molar-refractivity contribution in [2.45, 2.75) is 6.54 Å². The number of ether oxygens (including phenoxy) is 1. The van der Waals surface area contributed by atoms with E-state index in [9.17, 15) is 9.18 Å². The zero-order valence-corrected chi connectivity index (χ0v) is 11.6. The highest BCUT2D eigenvalue weighted by Crippen LogP contribution is 2.23. The number of carbonyl (C=O) groups excluding carboxylic acids is 1. The Hall–Kier alpha value is -2.07. The molecule has 0 saturated heterocycles. The predicted molar refractivity (Wildman–Crippen MR) is 75.6 cm³/mol. The Labute approximate surface area is 121 Å². The number of rotatable bonds is 4. The molecule has 0 radical (unpaired) electrons. The van der Waals surface area contributed by atoms with E-state index in [2.05, 4.69) is 5.32 Å². The van der Waals surface area contributed by atoms with Gasteiger partial charge in [-0.3, -0.25) is 4.79 Å². The number of carbonyl (C=O) groups is 1. The highest BCUT2D eigenvalue weighted by Gasteiger charge is 2.12. The highest BCUT2D eigenvalue weighted by molar-refractivity contribution is 6.30. The molecule has 0 aliphatic rings. The van der Waals surface area contributed by atoms with E-state index < -0.39 is 0 Å². The number of nitrogens with one attached hydrogen (secondary N) is 1. The van der Waals surface area contributed by atoms with E-state index >= 15 is 0 Å². The topological polar surface area (TPSA) is 38.3 Å². The molecule has 0 fully saturated rings. The number of halogens is 2. The predicted octanol–water partition coefficient (Wildman–Crippen LogP) is 3.42. The zero-order valence-electron chi connectivity index (χ0n) is 10.8. The number of benzene rings is 2. The monoisotopic (exact) mass is 293 g/mol. The molecular formula is C15H13ClFNO2. The summed E-state index contributed by atoms with van der Waals surface area (Å²) in [5.41, 5.74) is 1.21. The number of hydrogen-bond acceptors (Lipinski definition) is 2. The van der Waals surface area contributed by atoms with Crippen molar-refractivity contribution in [3.63, 3.8) is 0 Å². The van der Waals surface area contributed by atoms with Crippen LogP contribution in [-0.4, -0.2) is 13.0 Å². The fourth-order valence-electron chi connectivity index (χ4n) is 1.73. The SMILES string of the molecule is COc1cc(Cl)ccc1C(=O)NCc1ccc(F)cc1. The Bertz CT molecular complexity index is 614. The molecule has 0 unspecified atom stereocenters. The summed E-state index contributed by atoms with van der Waals surface area (Å²) in [6.45, 7) is 0.310. The van der Waals surface area contributed by atoms with Gasteiger partial charge in [0.1, 0.15) is 11.6 Å². The third-order valence-electron chi connectivity index (χ3n) is 2.77. The number of hydrogen-bond donors (Lipinski definition) is 1. The molecule has 2 rings (SSSR count). The van der Waals surface area contributed by atoms with Crippen LogP contribution in [0.15, 0.2) is 42.5 Å². The molecule has 0 aromatic heterocycles. The molecule has 2 aromatic carbocycles. The lowest BCUT2D eigenvalue weighted by atomic mass is 10.1. The summed E-state index contributed by atoms with van der Waals surface area (Å²) in [5.74, 6) is -0.170. The Balaban J connectivity index is 2.07. The third kappa shape index (κ3) is 3.48. The van der Waals surface area contributed by atoms with Crippen LogP contribution in [0.1, 0.15) is 15.9 Å². The summed E-state index contributed by atoms with van der Waals surface area (Å²) >= 11 is 5.84. The molecule has 0 heterocycles. The van der Waals surface area contributed by atoms with E-state index in [-0.39, 0.29) is 11.7 Å². The van der Waals surface area contributed by atoms with Crippen molar-refractivity contribution in [2.75, 3.05) is 7.11 Å². The van der Waals surface area contributed by atoms with Gasteiger partial charge in [0.05, 0.1) is 12.7 Å². The molecule has 20 heavy (non-hydrogen) atoms. The third-order valence-corrected chi connectivity index (χ3v) is 3.01. The van der Waals surface area contributed by atoms with Gasteiger partial charge in [0.25, 0.3) is 5.91 Å². The average molecular weight is 294 g/mol. The fraction of sp³-hybridized carbons (Fsp3) is 0.133. The van der Waals surface area contributed by atoms with Crippen LogP contribution in [-0.2, 0) is 6.54 Å². The van der Waals surface area contributed by atoms with Gasteiger partial charge in [0.2, 0.25) is 0 Å². The maximum atomic E-state index is 12.8. The van der Waals surface area contributed by atoms with Crippen LogP contribution in [0.2, 0.25) is 5.02 Å². The minimum atomic E-state index is -0.306. The molecule has 0 spiro atoms. The van der Waals surface area contributed by atoms with Crippen molar-refractivity contribution in [2.24, 2.45) is 0 Å². The first-order valence-corrected chi connectivity index (χ1v) is 6.34. The lowest BCUT2D eigenvalue weighted by molar-refractivity contribution is 0.0948. The summed E-state index contributed by atoms with van der Waals surface area (Å²) in [7, 11) is 1.47. The van der Waals surface area contributed by atoms with Crippen molar-refractivity contribution < 1.29 is 13.9 Å². The summed E-state index contributed by atoms with van der Waals surface area (Å²) in [6.07, 6.45) is 0. The lowest BCUT2D eigenvalue weighted by Gasteiger charge is -2.09. The molecule has 0 saturated carbocycles. The van der Waals surface area contributed by atoms with Crippen LogP contribution in [0.4, 0.5) is 4.39 Å². The van der Waals surface area contributed by atoms with E-state index in [0.29, 0.717) is 22.9 Å². The first-order chi connectivity index (χ1) is 9.60. The van der Waals surface area contributed by atoms with Crippen LogP contribution in [0.3, 0.4) is 0 Å². The van der Waals surface area contributed by atoms with Gasteiger partial charge in [-0.05, 0) is 35.9 Å². The second kappa shape index (κ2) is 6.39. The molecule has 1 N–H and O–H groups in total. The minimum absolute atomic E-state index is 0.275. The van der Waals surface area contributed by atoms with Crippen LogP contribution in [0.25, 0.3) is 0 Å². The fourth-order valence-corrected chi connectivity index (χ4v) is 1.89. The molecule has 3 nitrogen and oxygen atoms in total. The largest absolute Gasteiger partial charge is 0.496 e. The number of methoxy groups -OCH3 is 1. The van der Waals surface area contributed by atoms with Crippen molar-refractivity contribution in [3.05, 3.63) is 64.4 Å². The summed E-state index contributed by atoms with van der Waals surface area (Å²) in [5, 5.41) is 3.24. The molecule has 0 aliphatic carbocycles. The smallest absolute Gasteiger partial charge is 0.255 e. The van der Waals surface area contributed by atoms with Crippen LogP contribution in [0.5, 0.6) is 5.75 Å². The second-order valence-electron chi connectivity index (χ2n) is 4.15. The maximum Gasteiger partial charge on any atom is 0.255 e. The maximum absolute atomic E-state index is 12.8. The van der Waals surface area contributed by atoms with Gasteiger partial charge in [-0.15, -0.1) is 0 Å². The Kier molecular flexibility index (Phi) is 4.58. The van der Waals surface area contributed by atoms with E-state index in [0.717, 1.165) is 5.56 Å². The zero-order chi connectivity index (χ0) is 14.5. The van der Waals surface area contributed by atoms with Crippen molar-refractivity contribution in [3.8, 4) is 5.75 Å². The normalized spacial score (nSPS) is 10.2. The number of amides is 1. The molecule has 0 bridgehead atoms. The first-order valence-electron chi connectivity index (χ1n) is 5.96. The molecule has 1 amide bonds. The van der Waals surface area contributed by atoms with Crippen LogP contribution >= 0.6 is 11.6 Å². The first kappa shape index (κ1) is 14.3. The van der Waals surface area contributed by atoms with Gasteiger partial charge in [-0.1, -0.05) is 23.7 Å². The van der Waals surface area contributed by atoms with Gasteiger partial charge < -0.3 is 10.1 Å². The van der Waals surface area contributed by atoms with Gasteiger partial charge in [-0.25, -0.2) is 4.39 Å². The highest BCUT2D eigenvalue weighted by atomic mass is 35.5. The van der Waals surface area contributed by atoms with Crippen molar-refractivity contribution >= 4 is 17.5 Å². The molecule has 0 aliphatic heterocycles. The molecular weight excluding hydrogens is 281 g/mol. The Morgan fingerprint density at radius 2 is 1.95 bits per heavy atom. The van der Waals surface area contributed by atoms with Crippen LogP contribution in [0, 0.1) is 5.82 Å². The van der Waals surface area contributed by atoms with Crippen molar-refractivity contribution in [1.29, 1.82) is 0 Å². The summed E-state index contributed by atoms with van der Waals surface area (Å²) in [4.78, 5) is 12.1. The van der Waals surface area contributed by atoms with E-state index in [1.165, 1.54) is 19.2 Å². The second-order valence-corrected chi connectivity index (χ2v) is 4.59. The van der Waals surface area contributed by atoms with Gasteiger partial charge in [-0.2, -0.15) is 0 Å². The summed E-state index contributed by atoms with van der Waals surface area (Å²) in [6, 6.07) is 10.7. The average Bonchev–Trinajstić information content (AvgIpc) is 2.46. The Morgan fingerprint density at radius 3 is 2.60 bits per heavy atom. The summed E-state index contributed by atoms with van der Waals surface area (Å²) < 4.78 is 17.9. The Morgan fingerprint density at radius 1 is 1.25 bits per heavy atom. The van der Waals surface area contributed by atoms with E-state index in [1.807, 2.05) is 0 Å². The minimum Gasteiger partial charge on any atom is -0.496 e. The molecule has 104 valence electrons. The van der Waals surface area contributed by atoms with Crippen LogP contribution < -0.4 is 10.1 Å².